The van der Waals surface area contributed by atoms with Crippen molar-refractivity contribution in [2.24, 2.45) is 5.41 Å². The molecule has 0 aliphatic carbocycles. The van der Waals surface area contributed by atoms with E-state index >= 15 is 0 Å². The highest BCUT2D eigenvalue weighted by Gasteiger charge is 2.30. The van der Waals surface area contributed by atoms with Crippen molar-refractivity contribution in [3.63, 3.8) is 0 Å². The second kappa shape index (κ2) is 5.98. The van der Waals surface area contributed by atoms with Gasteiger partial charge in [-0.15, -0.1) is 13.2 Å². The summed E-state index contributed by atoms with van der Waals surface area (Å²) in [7, 11) is 0. The molecule has 0 aliphatic heterocycles. The van der Waals surface area contributed by atoms with Crippen LogP contribution in [-0.4, -0.2) is 11.2 Å². The van der Waals surface area contributed by atoms with Crippen molar-refractivity contribution in [3.8, 4) is 0 Å². The quantitative estimate of drug-likeness (QED) is 0.599. The van der Waals surface area contributed by atoms with Crippen LogP contribution in [0.25, 0.3) is 0 Å². The fourth-order valence-electron chi connectivity index (χ4n) is 1.71. The van der Waals surface area contributed by atoms with Gasteiger partial charge in [0.25, 0.3) is 0 Å². The van der Waals surface area contributed by atoms with Crippen LogP contribution in [0.4, 0.5) is 0 Å². The van der Waals surface area contributed by atoms with E-state index in [4.69, 9.17) is 0 Å². The van der Waals surface area contributed by atoms with Crippen LogP contribution in [0.2, 0.25) is 0 Å². The van der Waals surface area contributed by atoms with Gasteiger partial charge in [0.2, 0.25) is 0 Å². The first-order valence-electron chi connectivity index (χ1n) is 5.09. The molecule has 0 amide bonds. The maximum Gasteiger partial charge on any atom is 0.0633 e. The fourth-order valence-corrected chi connectivity index (χ4v) is 1.71. The van der Waals surface area contributed by atoms with Gasteiger partial charge in [-0.25, -0.2) is 0 Å². The molecule has 0 spiro atoms. The molecule has 1 nitrogen and oxygen atoms in total. The number of aliphatic hydroxyl groups excluding tert-OH is 1. The van der Waals surface area contributed by atoms with E-state index in [9.17, 15) is 5.11 Å². The third kappa shape index (κ3) is 3.00. The minimum atomic E-state index is -0.280. The van der Waals surface area contributed by atoms with Crippen molar-refractivity contribution in [2.45, 2.75) is 45.6 Å². The monoisotopic (exact) mass is 182 g/mol. The molecule has 0 aliphatic rings. The van der Waals surface area contributed by atoms with E-state index in [1.165, 1.54) is 0 Å². The summed E-state index contributed by atoms with van der Waals surface area (Å²) < 4.78 is 0. The zero-order valence-electron chi connectivity index (χ0n) is 8.92. The van der Waals surface area contributed by atoms with Gasteiger partial charge in [0, 0.05) is 5.41 Å². The lowest BCUT2D eigenvalue weighted by Gasteiger charge is -2.33. The first-order chi connectivity index (χ1) is 6.16. The number of hydrogen-bond donors (Lipinski definition) is 1. The van der Waals surface area contributed by atoms with Crippen LogP contribution in [0.15, 0.2) is 25.3 Å². The van der Waals surface area contributed by atoms with Crippen molar-refractivity contribution >= 4 is 0 Å². The third-order valence-corrected chi connectivity index (χ3v) is 2.81. The summed E-state index contributed by atoms with van der Waals surface area (Å²) in [5.41, 5.74) is -0.155. The second-order valence-corrected chi connectivity index (χ2v) is 3.59. The molecule has 0 bridgehead atoms. The second-order valence-electron chi connectivity index (χ2n) is 3.59. The molecular formula is C12H22O. The molecule has 0 rings (SSSR count). The molecule has 13 heavy (non-hydrogen) atoms. The smallest absolute Gasteiger partial charge is 0.0633 e. The molecule has 0 saturated carbocycles. The Morgan fingerprint density at radius 2 is 2.00 bits per heavy atom. The maximum absolute atomic E-state index is 9.97. The Morgan fingerprint density at radius 3 is 2.31 bits per heavy atom. The number of hydrogen-bond acceptors (Lipinski definition) is 1. The Kier molecular flexibility index (Phi) is 5.72. The molecule has 76 valence electrons. The van der Waals surface area contributed by atoms with Gasteiger partial charge in [0.05, 0.1) is 6.10 Å². The van der Waals surface area contributed by atoms with E-state index in [0.29, 0.717) is 0 Å². The molecular weight excluding hydrogens is 160 g/mol. The molecule has 0 aromatic carbocycles. The van der Waals surface area contributed by atoms with Crippen LogP contribution in [0.1, 0.15) is 39.5 Å². The van der Waals surface area contributed by atoms with Gasteiger partial charge in [-0.3, -0.25) is 0 Å². The van der Waals surface area contributed by atoms with Crippen LogP contribution in [-0.2, 0) is 0 Å². The first kappa shape index (κ1) is 12.4. The van der Waals surface area contributed by atoms with E-state index in [-0.39, 0.29) is 11.5 Å². The lowest BCUT2D eigenvalue weighted by molar-refractivity contribution is 0.0494. The van der Waals surface area contributed by atoms with Crippen molar-refractivity contribution in [1.29, 1.82) is 0 Å². The van der Waals surface area contributed by atoms with Crippen LogP contribution in [0.5, 0.6) is 0 Å². The Balaban J connectivity index is 4.51. The minimum Gasteiger partial charge on any atom is -0.392 e. The summed E-state index contributed by atoms with van der Waals surface area (Å²) in [5.74, 6) is 0. The van der Waals surface area contributed by atoms with Gasteiger partial charge in [0.1, 0.15) is 0 Å². The molecule has 0 saturated heterocycles. The van der Waals surface area contributed by atoms with E-state index in [1.807, 2.05) is 12.2 Å². The van der Waals surface area contributed by atoms with Crippen molar-refractivity contribution in [2.75, 3.05) is 0 Å². The highest BCUT2D eigenvalue weighted by atomic mass is 16.3. The predicted octanol–water partition coefficient (Wildman–Crippen LogP) is 3.31. The summed E-state index contributed by atoms with van der Waals surface area (Å²) >= 11 is 0. The maximum atomic E-state index is 9.97. The minimum absolute atomic E-state index is 0.155. The van der Waals surface area contributed by atoms with Crippen molar-refractivity contribution in [3.05, 3.63) is 25.3 Å². The molecule has 2 atom stereocenters. The summed E-state index contributed by atoms with van der Waals surface area (Å²) in [4.78, 5) is 0. The molecule has 1 N–H and O–H groups in total. The van der Waals surface area contributed by atoms with Gasteiger partial charge in [-0.05, 0) is 19.3 Å². The molecule has 2 unspecified atom stereocenters. The van der Waals surface area contributed by atoms with E-state index < -0.39 is 0 Å². The first-order valence-corrected chi connectivity index (χ1v) is 5.09. The summed E-state index contributed by atoms with van der Waals surface area (Å²) in [6, 6.07) is 0. The van der Waals surface area contributed by atoms with Crippen LogP contribution >= 0.6 is 0 Å². The fraction of sp³-hybridized carbons (Fsp3) is 0.667. The lowest BCUT2D eigenvalue weighted by Crippen LogP contribution is -2.32. The Labute approximate surface area is 82.2 Å². The van der Waals surface area contributed by atoms with E-state index in [0.717, 1.165) is 25.7 Å². The Hall–Kier alpha value is -0.560. The average molecular weight is 182 g/mol. The zero-order valence-corrected chi connectivity index (χ0v) is 8.92. The van der Waals surface area contributed by atoms with Gasteiger partial charge < -0.3 is 5.11 Å². The normalized spacial score (nSPS) is 17.5. The SMILES string of the molecule is C=CCC(C=C)(CC)C(O)CCC. The molecule has 0 radical (unpaired) electrons. The van der Waals surface area contributed by atoms with Crippen molar-refractivity contribution in [1.82, 2.24) is 0 Å². The molecule has 0 fully saturated rings. The highest BCUT2D eigenvalue weighted by Crippen LogP contribution is 2.34. The average Bonchev–Trinajstić information content (AvgIpc) is 2.14. The number of aliphatic hydroxyl groups is 1. The zero-order chi connectivity index (χ0) is 10.3. The molecule has 1 heteroatoms. The predicted molar refractivity (Wildman–Crippen MR) is 58.6 cm³/mol. The van der Waals surface area contributed by atoms with Gasteiger partial charge >= 0.3 is 0 Å². The Morgan fingerprint density at radius 1 is 1.38 bits per heavy atom. The van der Waals surface area contributed by atoms with Crippen LogP contribution in [0.3, 0.4) is 0 Å². The van der Waals surface area contributed by atoms with E-state index in [2.05, 4.69) is 27.0 Å². The largest absolute Gasteiger partial charge is 0.392 e. The summed E-state index contributed by atoms with van der Waals surface area (Å²) in [6.07, 6.45) is 7.05. The van der Waals surface area contributed by atoms with Crippen molar-refractivity contribution < 1.29 is 5.11 Å². The third-order valence-electron chi connectivity index (χ3n) is 2.81. The van der Waals surface area contributed by atoms with Crippen LogP contribution < -0.4 is 0 Å². The molecule has 0 aromatic rings. The number of allylic oxidation sites excluding steroid dienone is 1. The number of rotatable bonds is 7. The standard InChI is InChI=1S/C12H22O/c1-5-9-11(13)12(7-3,8-4)10-6-2/h6-7,11,13H,2-3,5,8-10H2,1,4H3. The summed E-state index contributed by atoms with van der Waals surface area (Å²) in [5, 5.41) is 9.97. The van der Waals surface area contributed by atoms with Gasteiger partial charge in [-0.1, -0.05) is 32.4 Å². The van der Waals surface area contributed by atoms with Gasteiger partial charge in [-0.2, -0.15) is 0 Å². The molecule has 0 heterocycles. The van der Waals surface area contributed by atoms with Gasteiger partial charge in [0.15, 0.2) is 0 Å². The topological polar surface area (TPSA) is 20.2 Å². The highest BCUT2D eigenvalue weighted by molar-refractivity contribution is 5.02. The Bertz CT molecular complexity index is 163. The van der Waals surface area contributed by atoms with E-state index in [1.54, 1.807) is 0 Å². The lowest BCUT2D eigenvalue weighted by atomic mass is 9.75. The molecule has 0 aromatic heterocycles. The summed E-state index contributed by atoms with van der Waals surface area (Å²) in [6.45, 7) is 11.7. The van der Waals surface area contributed by atoms with Crippen LogP contribution in [0, 0.1) is 5.41 Å².